The minimum atomic E-state index is -4.67. The van der Waals surface area contributed by atoms with Crippen LogP contribution in [-0.2, 0) is 6.42 Å². The molecule has 0 amide bonds. The molecule has 0 aromatic heterocycles. The van der Waals surface area contributed by atoms with Crippen molar-refractivity contribution in [2.75, 3.05) is 0 Å². The van der Waals surface area contributed by atoms with E-state index in [1.807, 2.05) is 13.8 Å². The fraction of sp³-hybridized carbons (Fsp3) is 0.571. The Hall–Kier alpha value is -1.23. The zero-order valence-electron chi connectivity index (χ0n) is 11.1. The van der Waals surface area contributed by atoms with Crippen molar-refractivity contribution in [1.82, 2.24) is 0 Å². The van der Waals surface area contributed by atoms with Crippen LogP contribution >= 0.6 is 0 Å². The van der Waals surface area contributed by atoms with E-state index in [0.717, 1.165) is 18.4 Å². The van der Waals surface area contributed by atoms with Crippen molar-refractivity contribution in [2.24, 2.45) is 5.92 Å². The zero-order valence-corrected chi connectivity index (χ0v) is 11.1. The van der Waals surface area contributed by atoms with E-state index in [9.17, 15) is 18.3 Å². The topological polar surface area (TPSA) is 29.5 Å². The van der Waals surface area contributed by atoms with Gasteiger partial charge in [-0.25, -0.2) is 0 Å². The summed E-state index contributed by atoms with van der Waals surface area (Å²) in [5.74, 6) is -0.0663. The number of benzene rings is 1. The highest BCUT2D eigenvalue weighted by Gasteiger charge is 2.30. The third-order valence-electron chi connectivity index (χ3n) is 3.00. The third-order valence-corrected chi connectivity index (χ3v) is 3.00. The summed E-state index contributed by atoms with van der Waals surface area (Å²) in [6, 6.07) is 5.62. The number of alkyl halides is 3. The smallest absolute Gasteiger partial charge is 0.406 e. The number of ether oxygens (including phenoxy) is 1. The summed E-state index contributed by atoms with van der Waals surface area (Å²) >= 11 is 0. The molecule has 0 aliphatic heterocycles. The molecule has 2 atom stereocenters. The van der Waals surface area contributed by atoms with Gasteiger partial charge >= 0.3 is 6.36 Å². The van der Waals surface area contributed by atoms with E-state index in [1.165, 1.54) is 12.1 Å². The van der Waals surface area contributed by atoms with Crippen molar-refractivity contribution >= 4 is 0 Å². The number of hydrogen-bond donors (Lipinski definition) is 1. The largest absolute Gasteiger partial charge is 0.573 e. The Morgan fingerprint density at radius 1 is 1.21 bits per heavy atom. The molecule has 0 aliphatic carbocycles. The van der Waals surface area contributed by atoms with Crippen LogP contribution in [0.4, 0.5) is 13.2 Å². The molecule has 5 heteroatoms. The summed E-state index contributed by atoms with van der Waals surface area (Å²) in [6.07, 6.45) is -2.79. The molecule has 19 heavy (non-hydrogen) atoms. The SMILES string of the molecule is CCCC(C)C(O)Cc1ccc(OC(F)(F)F)cc1. The monoisotopic (exact) mass is 276 g/mol. The quantitative estimate of drug-likeness (QED) is 0.853. The predicted octanol–water partition coefficient (Wildman–Crippen LogP) is 3.92. The van der Waals surface area contributed by atoms with Crippen LogP contribution in [0.3, 0.4) is 0 Å². The van der Waals surface area contributed by atoms with Gasteiger partial charge in [0.1, 0.15) is 5.75 Å². The van der Waals surface area contributed by atoms with Crippen LogP contribution in [0.25, 0.3) is 0 Å². The molecular weight excluding hydrogens is 257 g/mol. The second-order valence-corrected chi connectivity index (χ2v) is 4.73. The van der Waals surface area contributed by atoms with E-state index in [1.54, 1.807) is 12.1 Å². The zero-order chi connectivity index (χ0) is 14.5. The minimum absolute atomic E-state index is 0.177. The normalized spacial score (nSPS) is 15.1. The molecule has 1 rings (SSSR count). The molecule has 2 unspecified atom stereocenters. The molecular formula is C14H19F3O2. The summed E-state index contributed by atoms with van der Waals surface area (Å²) in [5, 5.41) is 9.95. The van der Waals surface area contributed by atoms with Crippen molar-refractivity contribution in [1.29, 1.82) is 0 Å². The maximum Gasteiger partial charge on any atom is 0.573 e. The minimum Gasteiger partial charge on any atom is -0.406 e. The lowest BCUT2D eigenvalue weighted by Crippen LogP contribution is -2.20. The van der Waals surface area contributed by atoms with Crippen molar-refractivity contribution < 1.29 is 23.0 Å². The van der Waals surface area contributed by atoms with Crippen LogP contribution in [0.1, 0.15) is 32.3 Å². The van der Waals surface area contributed by atoms with Crippen LogP contribution in [0, 0.1) is 5.92 Å². The van der Waals surface area contributed by atoms with E-state index in [0.29, 0.717) is 6.42 Å². The van der Waals surface area contributed by atoms with Gasteiger partial charge < -0.3 is 9.84 Å². The molecule has 0 heterocycles. The molecule has 1 aromatic rings. The number of rotatable bonds is 6. The predicted molar refractivity (Wildman–Crippen MR) is 66.9 cm³/mol. The summed E-state index contributed by atoms with van der Waals surface area (Å²) in [7, 11) is 0. The second kappa shape index (κ2) is 6.80. The van der Waals surface area contributed by atoms with Crippen molar-refractivity contribution in [3.05, 3.63) is 29.8 Å². The van der Waals surface area contributed by atoms with Gasteiger partial charge in [0.25, 0.3) is 0 Å². The van der Waals surface area contributed by atoms with Crippen LogP contribution in [0.15, 0.2) is 24.3 Å². The van der Waals surface area contributed by atoms with Gasteiger partial charge in [0.15, 0.2) is 0 Å². The van der Waals surface area contributed by atoms with Crippen molar-refractivity contribution in [3.63, 3.8) is 0 Å². The first-order chi connectivity index (χ1) is 8.81. The highest BCUT2D eigenvalue weighted by Crippen LogP contribution is 2.23. The van der Waals surface area contributed by atoms with Crippen LogP contribution in [-0.4, -0.2) is 17.6 Å². The number of aliphatic hydroxyl groups excluding tert-OH is 1. The standard InChI is InChI=1S/C14H19F3O2/c1-3-4-10(2)13(18)9-11-5-7-12(8-6-11)19-14(15,16)17/h5-8,10,13,18H,3-4,9H2,1-2H3. The Labute approximate surface area is 111 Å². The molecule has 108 valence electrons. The van der Waals surface area contributed by atoms with Gasteiger partial charge in [-0.15, -0.1) is 13.2 Å². The van der Waals surface area contributed by atoms with Gasteiger partial charge in [-0.05, 0) is 36.5 Å². The molecule has 1 N–H and O–H groups in total. The summed E-state index contributed by atoms with van der Waals surface area (Å²) in [5.41, 5.74) is 0.796. The van der Waals surface area contributed by atoms with Gasteiger partial charge in [0.05, 0.1) is 6.10 Å². The number of hydrogen-bond acceptors (Lipinski definition) is 2. The second-order valence-electron chi connectivity index (χ2n) is 4.73. The van der Waals surface area contributed by atoms with Gasteiger partial charge in [0, 0.05) is 0 Å². The summed E-state index contributed by atoms with van der Waals surface area (Å²) < 4.78 is 39.7. The fourth-order valence-corrected chi connectivity index (χ4v) is 1.92. The van der Waals surface area contributed by atoms with Crippen LogP contribution in [0.2, 0.25) is 0 Å². The third kappa shape index (κ3) is 5.96. The van der Waals surface area contributed by atoms with Gasteiger partial charge in [-0.3, -0.25) is 0 Å². The Bertz CT molecular complexity index is 373. The Balaban J connectivity index is 2.57. The van der Waals surface area contributed by atoms with Gasteiger partial charge in [-0.1, -0.05) is 32.4 Å². The molecule has 0 saturated carbocycles. The molecule has 0 radical (unpaired) electrons. The van der Waals surface area contributed by atoms with E-state index < -0.39 is 12.5 Å². The molecule has 2 nitrogen and oxygen atoms in total. The van der Waals surface area contributed by atoms with E-state index >= 15 is 0 Å². The Kier molecular flexibility index (Phi) is 5.66. The highest BCUT2D eigenvalue weighted by molar-refractivity contribution is 5.27. The lowest BCUT2D eigenvalue weighted by Gasteiger charge is -2.18. The van der Waals surface area contributed by atoms with E-state index in [2.05, 4.69) is 4.74 Å². The maximum atomic E-state index is 12.0. The summed E-state index contributed by atoms with van der Waals surface area (Å²) in [6.45, 7) is 4.02. The fourth-order valence-electron chi connectivity index (χ4n) is 1.92. The summed E-state index contributed by atoms with van der Waals surface area (Å²) in [4.78, 5) is 0. The average Bonchev–Trinajstić information content (AvgIpc) is 2.30. The number of aliphatic hydroxyl groups is 1. The molecule has 0 bridgehead atoms. The Morgan fingerprint density at radius 3 is 2.26 bits per heavy atom. The van der Waals surface area contributed by atoms with Crippen LogP contribution in [0.5, 0.6) is 5.75 Å². The van der Waals surface area contributed by atoms with E-state index in [4.69, 9.17) is 0 Å². The van der Waals surface area contributed by atoms with E-state index in [-0.39, 0.29) is 11.7 Å². The number of halogens is 3. The van der Waals surface area contributed by atoms with Gasteiger partial charge in [0.2, 0.25) is 0 Å². The average molecular weight is 276 g/mol. The molecule has 0 saturated heterocycles. The maximum absolute atomic E-state index is 12.0. The first-order valence-corrected chi connectivity index (χ1v) is 6.34. The van der Waals surface area contributed by atoms with Gasteiger partial charge in [-0.2, -0.15) is 0 Å². The van der Waals surface area contributed by atoms with Crippen LogP contribution < -0.4 is 4.74 Å². The highest BCUT2D eigenvalue weighted by atomic mass is 19.4. The first-order valence-electron chi connectivity index (χ1n) is 6.34. The Morgan fingerprint density at radius 2 is 1.79 bits per heavy atom. The molecule has 0 fully saturated rings. The van der Waals surface area contributed by atoms with Crippen molar-refractivity contribution in [3.8, 4) is 5.75 Å². The first kappa shape index (κ1) is 15.8. The lowest BCUT2D eigenvalue weighted by molar-refractivity contribution is -0.274. The lowest BCUT2D eigenvalue weighted by atomic mass is 9.94. The molecule has 0 aliphatic rings. The van der Waals surface area contributed by atoms with Crippen molar-refractivity contribution in [2.45, 2.75) is 45.6 Å². The molecule has 0 spiro atoms. The molecule has 1 aromatic carbocycles.